The minimum atomic E-state index is -0.838. The van der Waals surface area contributed by atoms with Crippen molar-refractivity contribution in [2.75, 3.05) is 0 Å². The molecule has 1 saturated heterocycles. The van der Waals surface area contributed by atoms with Crippen molar-refractivity contribution in [3.63, 3.8) is 0 Å². The molecule has 3 aromatic carbocycles. The van der Waals surface area contributed by atoms with E-state index in [9.17, 15) is 29.8 Å². The summed E-state index contributed by atoms with van der Waals surface area (Å²) in [5.74, 6) is -1.02. The van der Waals surface area contributed by atoms with E-state index in [1.807, 2.05) is 0 Å². The average Bonchev–Trinajstić information content (AvgIpc) is 3.54. The van der Waals surface area contributed by atoms with E-state index in [2.05, 4.69) is 0 Å². The second-order valence-corrected chi connectivity index (χ2v) is 6.96. The molecule has 0 spiro atoms. The third-order valence-corrected chi connectivity index (χ3v) is 5.13. The predicted molar refractivity (Wildman–Crippen MR) is 110 cm³/mol. The molecule has 0 aromatic heterocycles. The van der Waals surface area contributed by atoms with Crippen LogP contribution in [-0.4, -0.2) is 32.5 Å². The number of nitro benzene ring substituents is 2. The molecule has 154 valence electrons. The first-order chi connectivity index (χ1) is 14.9. The van der Waals surface area contributed by atoms with Gasteiger partial charge in [0.15, 0.2) is 5.78 Å². The summed E-state index contributed by atoms with van der Waals surface area (Å²) in [5, 5.41) is 22.5. The maximum absolute atomic E-state index is 13.2. The highest BCUT2D eigenvalue weighted by Gasteiger charge is 2.57. The van der Waals surface area contributed by atoms with Crippen LogP contribution in [0.2, 0.25) is 0 Å². The molecule has 3 aromatic rings. The van der Waals surface area contributed by atoms with Gasteiger partial charge in [0.25, 0.3) is 17.3 Å². The minimum Gasteiger partial charge on any atom is -0.316 e. The van der Waals surface area contributed by atoms with Gasteiger partial charge in [0.05, 0.1) is 22.0 Å². The van der Waals surface area contributed by atoms with Gasteiger partial charge in [0.2, 0.25) is 0 Å². The van der Waals surface area contributed by atoms with Gasteiger partial charge in [-0.1, -0.05) is 60.7 Å². The van der Waals surface area contributed by atoms with E-state index in [-0.39, 0.29) is 11.3 Å². The quantitative estimate of drug-likeness (QED) is 0.259. The van der Waals surface area contributed by atoms with Crippen LogP contribution in [0.3, 0.4) is 0 Å². The Morgan fingerprint density at radius 3 is 2.00 bits per heavy atom. The number of non-ortho nitro benzene ring substituents is 1. The third-order valence-electron chi connectivity index (χ3n) is 5.13. The Kier molecular flexibility index (Phi) is 5.00. The van der Waals surface area contributed by atoms with Crippen LogP contribution in [0.15, 0.2) is 78.9 Å². The fourth-order valence-corrected chi connectivity index (χ4v) is 3.62. The van der Waals surface area contributed by atoms with Crippen molar-refractivity contribution in [1.29, 1.82) is 0 Å². The lowest BCUT2D eigenvalue weighted by Crippen LogP contribution is -2.20. The molecule has 0 unspecified atom stereocenters. The number of hydrogen-bond acceptors (Lipinski definition) is 6. The van der Waals surface area contributed by atoms with Crippen LogP contribution in [0.5, 0.6) is 0 Å². The summed E-state index contributed by atoms with van der Waals surface area (Å²) in [6.45, 7) is 0. The van der Waals surface area contributed by atoms with Gasteiger partial charge in [-0.3, -0.25) is 29.8 Å². The van der Waals surface area contributed by atoms with E-state index in [0.29, 0.717) is 5.56 Å². The highest BCUT2D eigenvalue weighted by atomic mass is 16.6. The molecule has 1 aliphatic rings. The van der Waals surface area contributed by atoms with Crippen molar-refractivity contribution in [2.24, 2.45) is 0 Å². The SMILES string of the molecule is O=C(c1ccccc1)[C@H]1[C@@H](c2ccccc2)N1C(=O)c1ccc([N+](=O)[O-])cc1[N+](=O)[O-]. The maximum Gasteiger partial charge on any atom is 0.289 e. The van der Waals surface area contributed by atoms with Gasteiger partial charge in [-0.15, -0.1) is 0 Å². The predicted octanol–water partition coefficient (Wildman–Crippen LogP) is 3.95. The topological polar surface area (TPSA) is 123 Å². The number of carbonyl (C=O) groups is 2. The van der Waals surface area contributed by atoms with Gasteiger partial charge >= 0.3 is 0 Å². The molecule has 1 aliphatic heterocycles. The molecular weight excluding hydrogens is 402 g/mol. The molecule has 2 atom stereocenters. The minimum absolute atomic E-state index is 0.285. The number of nitro groups is 2. The summed E-state index contributed by atoms with van der Waals surface area (Å²) < 4.78 is 0. The number of carbonyl (C=O) groups excluding carboxylic acids is 2. The van der Waals surface area contributed by atoms with Gasteiger partial charge in [-0.25, -0.2) is 0 Å². The highest BCUT2D eigenvalue weighted by molar-refractivity contribution is 6.10. The van der Waals surface area contributed by atoms with E-state index in [0.717, 1.165) is 23.8 Å². The molecule has 1 heterocycles. The number of nitrogens with zero attached hydrogens (tertiary/aromatic N) is 3. The summed E-state index contributed by atoms with van der Waals surface area (Å²) in [6.07, 6.45) is 0. The molecule has 0 bridgehead atoms. The number of hydrogen-bond donors (Lipinski definition) is 0. The smallest absolute Gasteiger partial charge is 0.289 e. The standard InChI is InChI=1S/C22H15N3O6/c26-21(15-9-5-2-6-10-15)20-19(14-7-3-1-4-8-14)23(20)22(27)17-12-11-16(24(28)29)13-18(17)25(30)31/h1-13,19-20H/t19-,20-,23?/m1/s1. The van der Waals surface area contributed by atoms with Crippen LogP contribution < -0.4 is 0 Å². The Hall–Kier alpha value is -4.40. The van der Waals surface area contributed by atoms with Crippen molar-refractivity contribution in [2.45, 2.75) is 12.1 Å². The Morgan fingerprint density at radius 1 is 0.806 bits per heavy atom. The molecule has 0 saturated carbocycles. The largest absolute Gasteiger partial charge is 0.316 e. The van der Waals surface area contributed by atoms with E-state index in [1.165, 1.54) is 4.90 Å². The second kappa shape index (κ2) is 7.79. The Balaban J connectivity index is 1.74. The summed E-state index contributed by atoms with van der Waals surface area (Å²) in [7, 11) is 0. The molecule has 0 radical (unpaired) electrons. The third kappa shape index (κ3) is 3.64. The molecule has 4 rings (SSSR count). The lowest BCUT2D eigenvalue weighted by atomic mass is 10.0. The first kappa shape index (κ1) is 19.9. The van der Waals surface area contributed by atoms with Crippen LogP contribution in [0, 0.1) is 20.2 Å². The van der Waals surface area contributed by atoms with Gasteiger partial charge in [0, 0.05) is 11.6 Å². The highest BCUT2D eigenvalue weighted by Crippen LogP contribution is 2.46. The van der Waals surface area contributed by atoms with E-state index >= 15 is 0 Å². The van der Waals surface area contributed by atoms with Crippen molar-refractivity contribution < 1.29 is 19.4 Å². The van der Waals surface area contributed by atoms with E-state index in [4.69, 9.17) is 0 Å². The fraction of sp³-hybridized carbons (Fsp3) is 0.0909. The van der Waals surface area contributed by atoms with Crippen LogP contribution in [0.4, 0.5) is 11.4 Å². The van der Waals surface area contributed by atoms with Crippen LogP contribution in [0.25, 0.3) is 0 Å². The van der Waals surface area contributed by atoms with Crippen molar-refractivity contribution >= 4 is 23.1 Å². The van der Waals surface area contributed by atoms with E-state index in [1.54, 1.807) is 60.7 Å². The summed E-state index contributed by atoms with van der Waals surface area (Å²) in [6, 6.07) is 18.8. The van der Waals surface area contributed by atoms with Gasteiger partial charge in [-0.2, -0.15) is 0 Å². The number of ketones is 1. The first-order valence-corrected chi connectivity index (χ1v) is 9.30. The van der Waals surface area contributed by atoms with Gasteiger partial charge < -0.3 is 4.90 Å². The lowest BCUT2D eigenvalue weighted by Gasteiger charge is -2.06. The van der Waals surface area contributed by atoms with Crippen molar-refractivity contribution in [3.05, 3.63) is 116 Å². The van der Waals surface area contributed by atoms with E-state index < -0.39 is 39.2 Å². The molecule has 31 heavy (non-hydrogen) atoms. The van der Waals surface area contributed by atoms with Gasteiger partial charge in [0.1, 0.15) is 11.6 Å². The van der Waals surface area contributed by atoms with Crippen LogP contribution in [0.1, 0.15) is 32.3 Å². The fourth-order valence-electron chi connectivity index (χ4n) is 3.62. The summed E-state index contributed by atoms with van der Waals surface area (Å²) in [4.78, 5) is 48.5. The molecule has 0 aliphatic carbocycles. The lowest BCUT2D eigenvalue weighted by molar-refractivity contribution is -0.394. The summed E-state index contributed by atoms with van der Waals surface area (Å²) in [5.41, 5.74) is -0.342. The first-order valence-electron chi connectivity index (χ1n) is 9.30. The average molecular weight is 417 g/mol. The second-order valence-electron chi connectivity index (χ2n) is 6.96. The Bertz CT molecular complexity index is 1200. The van der Waals surface area contributed by atoms with Crippen LogP contribution in [-0.2, 0) is 0 Å². The zero-order valence-electron chi connectivity index (χ0n) is 16.0. The number of benzene rings is 3. The number of Topliss-reactive ketones (excluding diaryl/α,β-unsaturated/α-hetero) is 1. The van der Waals surface area contributed by atoms with Crippen molar-refractivity contribution in [3.8, 4) is 0 Å². The molecule has 1 fully saturated rings. The normalized spacial score (nSPS) is 17.1. The summed E-state index contributed by atoms with van der Waals surface area (Å²) >= 11 is 0. The van der Waals surface area contributed by atoms with Gasteiger partial charge in [-0.05, 0) is 11.6 Å². The zero-order chi connectivity index (χ0) is 22.1. The van der Waals surface area contributed by atoms with Crippen LogP contribution >= 0.6 is 0 Å². The zero-order valence-corrected chi connectivity index (χ0v) is 16.0. The molecule has 1 amide bonds. The Morgan fingerprint density at radius 2 is 1.42 bits per heavy atom. The maximum atomic E-state index is 13.2. The molecule has 9 heteroatoms. The molecular formula is C22H15N3O6. The molecule has 0 N–H and O–H groups in total. The number of amides is 1. The molecule has 9 nitrogen and oxygen atoms in total. The van der Waals surface area contributed by atoms with Crippen molar-refractivity contribution in [1.82, 2.24) is 4.90 Å². The Labute approximate surface area is 175 Å². The number of rotatable bonds is 6. The monoisotopic (exact) mass is 417 g/mol.